The molecule has 1 aromatic heterocycles. The number of aromatic nitrogens is 3. The third kappa shape index (κ3) is 2.07. The highest BCUT2D eigenvalue weighted by atomic mass is 16.2. The molecule has 4 N–H and O–H groups in total. The van der Waals surface area contributed by atoms with Gasteiger partial charge in [0, 0.05) is 12.1 Å². The monoisotopic (exact) mass is 211 g/mol. The molecule has 0 amide bonds. The van der Waals surface area contributed by atoms with Gasteiger partial charge in [0.25, 0.3) is 5.56 Å². The first-order valence-electron chi connectivity index (χ1n) is 4.77. The summed E-state index contributed by atoms with van der Waals surface area (Å²) in [6.45, 7) is 3.68. The van der Waals surface area contributed by atoms with E-state index in [0.29, 0.717) is 0 Å². The Kier molecular flexibility index (Phi) is 2.31. The summed E-state index contributed by atoms with van der Waals surface area (Å²) in [6.07, 6.45) is 0.910. The molecule has 0 saturated carbocycles. The molecule has 1 atom stereocenters. The molecule has 1 saturated heterocycles. The number of anilines is 1. The van der Waals surface area contributed by atoms with E-state index < -0.39 is 11.2 Å². The number of aromatic amines is 2. The summed E-state index contributed by atoms with van der Waals surface area (Å²) in [5.74, 6) is 0.154. The van der Waals surface area contributed by atoms with Crippen molar-refractivity contribution in [1.29, 1.82) is 0 Å². The Morgan fingerprint density at radius 2 is 2.27 bits per heavy atom. The van der Waals surface area contributed by atoms with E-state index in [1.165, 1.54) is 0 Å². The summed E-state index contributed by atoms with van der Waals surface area (Å²) in [5.41, 5.74) is -1.27. The van der Waals surface area contributed by atoms with Crippen molar-refractivity contribution in [2.75, 3.05) is 18.4 Å². The molecular weight excluding hydrogens is 198 g/mol. The second-order valence-corrected chi connectivity index (χ2v) is 3.97. The Bertz CT molecular complexity index is 457. The van der Waals surface area contributed by atoms with Gasteiger partial charge in [-0.25, -0.2) is 9.89 Å². The minimum atomic E-state index is -0.597. The predicted octanol–water partition coefficient (Wildman–Crippen LogP) is -1.38. The second-order valence-electron chi connectivity index (χ2n) is 3.97. The number of nitrogens with one attached hydrogen (secondary N) is 4. The number of nitrogens with zero attached hydrogens (tertiary/aromatic N) is 1. The first-order valence-corrected chi connectivity index (χ1v) is 4.77. The molecule has 0 radical (unpaired) electrons. The molecule has 0 aliphatic carbocycles. The van der Waals surface area contributed by atoms with Crippen LogP contribution in [-0.2, 0) is 0 Å². The van der Waals surface area contributed by atoms with Crippen LogP contribution in [-0.4, -0.2) is 33.8 Å². The van der Waals surface area contributed by atoms with Gasteiger partial charge >= 0.3 is 5.69 Å². The van der Waals surface area contributed by atoms with Crippen LogP contribution in [0.4, 0.5) is 5.82 Å². The SMILES string of the molecule is CC1(Nc2n[nH]c(=O)[nH]c2=O)CCNC1. The maximum Gasteiger partial charge on any atom is 0.342 e. The van der Waals surface area contributed by atoms with Crippen molar-refractivity contribution in [2.45, 2.75) is 18.9 Å². The fourth-order valence-corrected chi connectivity index (χ4v) is 1.64. The third-order valence-electron chi connectivity index (χ3n) is 2.50. The Morgan fingerprint density at radius 1 is 1.47 bits per heavy atom. The van der Waals surface area contributed by atoms with Crippen LogP contribution in [0.5, 0.6) is 0 Å². The molecular formula is C8H13N5O2. The van der Waals surface area contributed by atoms with Gasteiger partial charge in [-0.2, -0.15) is 0 Å². The van der Waals surface area contributed by atoms with Crippen LogP contribution in [0.15, 0.2) is 9.59 Å². The van der Waals surface area contributed by atoms with Gasteiger partial charge in [-0.1, -0.05) is 0 Å². The van der Waals surface area contributed by atoms with E-state index in [1.54, 1.807) is 0 Å². The standard InChI is InChI=1S/C8H13N5O2/c1-8(2-3-9-4-8)11-5-6(14)10-7(15)13-12-5/h9H,2-4H2,1H3,(H,11,12)(H2,10,13,14,15). The molecule has 0 bridgehead atoms. The molecule has 2 rings (SSSR count). The van der Waals surface area contributed by atoms with Crippen molar-refractivity contribution in [3.8, 4) is 0 Å². The summed E-state index contributed by atoms with van der Waals surface area (Å²) < 4.78 is 0. The van der Waals surface area contributed by atoms with E-state index in [0.717, 1.165) is 19.5 Å². The number of hydrogen-bond donors (Lipinski definition) is 4. The van der Waals surface area contributed by atoms with Gasteiger partial charge in [0.1, 0.15) is 0 Å². The molecule has 1 aliphatic rings. The van der Waals surface area contributed by atoms with Gasteiger partial charge in [0.05, 0.1) is 0 Å². The maximum absolute atomic E-state index is 11.3. The van der Waals surface area contributed by atoms with Crippen LogP contribution in [0.3, 0.4) is 0 Å². The lowest BCUT2D eigenvalue weighted by molar-refractivity contribution is 0.560. The lowest BCUT2D eigenvalue weighted by atomic mass is 10.0. The highest BCUT2D eigenvalue weighted by molar-refractivity contribution is 5.33. The van der Waals surface area contributed by atoms with Crippen molar-refractivity contribution in [3.63, 3.8) is 0 Å². The van der Waals surface area contributed by atoms with Crippen LogP contribution in [0.25, 0.3) is 0 Å². The van der Waals surface area contributed by atoms with Crippen LogP contribution in [0.1, 0.15) is 13.3 Å². The van der Waals surface area contributed by atoms with Crippen LogP contribution in [0, 0.1) is 0 Å². The summed E-state index contributed by atoms with van der Waals surface area (Å²) in [5, 5.41) is 12.1. The average molecular weight is 211 g/mol. The highest BCUT2D eigenvalue weighted by Crippen LogP contribution is 2.16. The van der Waals surface area contributed by atoms with Gasteiger partial charge in [-0.05, 0) is 19.9 Å². The largest absolute Gasteiger partial charge is 0.358 e. The molecule has 0 spiro atoms. The van der Waals surface area contributed by atoms with Crippen molar-refractivity contribution in [2.24, 2.45) is 0 Å². The molecule has 1 aromatic rings. The average Bonchev–Trinajstić information content (AvgIpc) is 2.58. The molecule has 15 heavy (non-hydrogen) atoms. The molecule has 1 aliphatic heterocycles. The van der Waals surface area contributed by atoms with E-state index >= 15 is 0 Å². The minimum absolute atomic E-state index is 0.154. The summed E-state index contributed by atoms with van der Waals surface area (Å²) in [6, 6.07) is 0. The zero-order chi connectivity index (χ0) is 10.9. The molecule has 82 valence electrons. The van der Waals surface area contributed by atoms with Gasteiger partial charge in [0.15, 0.2) is 0 Å². The van der Waals surface area contributed by atoms with E-state index in [2.05, 4.69) is 25.8 Å². The van der Waals surface area contributed by atoms with E-state index in [1.807, 2.05) is 6.92 Å². The van der Waals surface area contributed by atoms with E-state index in [-0.39, 0.29) is 11.4 Å². The molecule has 2 heterocycles. The molecule has 7 heteroatoms. The quantitative estimate of drug-likeness (QED) is 0.483. The van der Waals surface area contributed by atoms with Gasteiger partial charge in [-0.15, -0.1) is 5.10 Å². The van der Waals surface area contributed by atoms with Crippen LogP contribution in [0.2, 0.25) is 0 Å². The summed E-state index contributed by atoms with van der Waals surface area (Å²) >= 11 is 0. The summed E-state index contributed by atoms with van der Waals surface area (Å²) in [4.78, 5) is 24.2. The zero-order valence-corrected chi connectivity index (χ0v) is 8.39. The van der Waals surface area contributed by atoms with Crippen molar-refractivity contribution in [1.82, 2.24) is 20.5 Å². The van der Waals surface area contributed by atoms with E-state index in [9.17, 15) is 9.59 Å². The van der Waals surface area contributed by atoms with Crippen molar-refractivity contribution < 1.29 is 0 Å². The number of H-pyrrole nitrogens is 2. The Labute approximate surface area is 85.3 Å². The second kappa shape index (κ2) is 3.50. The fourth-order valence-electron chi connectivity index (χ4n) is 1.64. The lowest BCUT2D eigenvalue weighted by Crippen LogP contribution is -2.40. The summed E-state index contributed by atoms with van der Waals surface area (Å²) in [7, 11) is 0. The molecule has 0 aromatic carbocycles. The topological polar surface area (TPSA) is 103 Å². The first-order chi connectivity index (χ1) is 7.09. The first kappa shape index (κ1) is 9.91. The smallest absolute Gasteiger partial charge is 0.342 e. The van der Waals surface area contributed by atoms with Crippen LogP contribution >= 0.6 is 0 Å². The van der Waals surface area contributed by atoms with E-state index in [4.69, 9.17) is 0 Å². The third-order valence-corrected chi connectivity index (χ3v) is 2.50. The lowest BCUT2D eigenvalue weighted by Gasteiger charge is -2.23. The van der Waals surface area contributed by atoms with Crippen molar-refractivity contribution >= 4 is 5.82 Å². The number of hydrogen-bond acceptors (Lipinski definition) is 5. The Hall–Kier alpha value is -1.63. The van der Waals surface area contributed by atoms with Crippen molar-refractivity contribution in [3.05, 3.63) is 20.8 Å². The molecule has 1 unspecified atom stereocenters. The predicted molar refractivity (Wildman–Crippen MR) is 55.0 cm³/mol. The fraction of sp³-hybridized carbons (Fsp3) is 0.625. The molecule has 7 nitrogen and oxygen atoms in total. The van der Waals surface area contributed by atoms with Gasteiger partial charge in [-0.3, -0.25) is 9.78 Å². The highest BCUT2D eigenvalue weighted by Gasteiger charge is 2.29. The maximum atomic E-state index is 11.3. The minimum Gasteiger partial charge on any atom is -0.358 e. The zero-order valence-electron chi connectivity index (χ0n) is 8.39. The Morgan fingerprint density at radius 3 is 2.87 bits per heavy atom. The normalized spacial score (nSPS) is 25.4. The van der Waals surface area contributed by atoms with Gasteiger partial charge in [0.2, 0.25) is 5.82 Å². The molecule has 1 fully saturated rings. The number of rotatable bonds is 2. The van der Waals surface area contributed by atoms with Gasteiger partial charge < -0.3 is 10.6 Å². The van der Waals surface area contributed by atoms with Crippen LogP contribution < -0.4 is 21.9 Å². The Balaban J connectivity index is 2.24.